The number of amides is 1. The highest BCUT2D eigenvalue weighted by molar-refractivity contribution is 6.54. The molecule has 7 heteroatoms. The fourth-order valence-electron chi connectivity index (χ4n) is 0.437. The van der Waals surface area contributed by atoms with Crippen molar-refractivity contribution >= 4 is 35.1 Å². The van der Waals surface area contributed by atoms with E-state index < -0.39 is 10.7 Å². The van der Waals surface area contributed by atoms with Gasteiger partial charge >= 0.3 is 0 Å². The summed E-state index contributed by atoms with van der Waals surface area (Å²) in [4.78, 5) is 13.3. The number of aromatic nitrogens is 3. The van der Waals surface area contributed by atoms with Gasteiger partial charge in [0.1, 0.15) is 6.33 Å². The Morgan fingerprint density at radius 1 is 1.73 bits per heavy atom. The third-order valence-electron chi connectivity index (χ3n) is 0.855. The van der Waals surface area contributed by atoms with E-state index in [9.17, 15) is 4.79 Å². The zero-order valence-electron chi connectivity index (χ0n) is 5.21. The molecule has 0 aromatic carbocycles. The molecule has 11 heavy (non-hydrogen) atoms. The largest absolute Gasteiger partial charge is 0.293 e. The average molecular weight is 195 g/mol. The monoisotopic (exact) mass is 194 g/mol. The molecule has 0 aliphatic heterocycles. The van der Waals surface area contributed by atoms with Crippen molar-refractivity contribution in [3.8, 4) is 0 Å². The maximum atomic E-state index is 10.7. The maximum absolute atomic E-state index is 10.7. The second kappa shape index (κ2) is 3.54. The third-order valence-corrected chi connectivity index (χ3v) is 1.25. The van der Waals surface area contributed by atoms with Gasteiger partial charge in [0.25, 0.3) is 5.91 Å². The number of hydrogen-bond donors (Lipinski definition) is 2. The number of nitrogens with one attached hydrogen (secondary N) is 2. The van der Waals surface area contributed by atoms with E-state index in [4.69, 9.17) is 23.2 Å². The van der Waals surface area contributed by atoms with Crippen molar-refractivity contribution < 1.29 is 4.79 Å². The van der Waals surface area contributed by atoms with E-state index >= 15 is 0 Å². The van der Waals surface area contributed by atoms with Gasteiger partial charge in [-0.1, -0.05) is 23.2 Å². The van der Waals surface area contributed by atoms with Crippen LogP contribution in [0, 0.1) is 0 Å². The van der Waals surface area contributed by atoms with Crippen LogP contribution in [-0.4, -0.2) is 25.9 Å². The highest BCUT2D eigenvalue weighted by Gasteiger charge is 2.11. The number of anilines is 1. The summed E-state index contributed by atoms with van der Waals surface area (Å²) in [5.74, 6) is -0.314. The molecule has 0 unspecified atom stereocenters. The number of nitrogens with zero attached hydrogens (tertiary/aromatic N) is 2. The van der Waals surface area contributed by atoms with Crippen molar-refractivity contribution in [2.75, 3.05) is 5.32 Å². The molecule has 0 bridgehead atoms. The molecule has 0 aliphatic carbocycles. The first-order valence-corrected chi connectivity index (χ1v) is 3.52. The van der Waals surface area contributed by atoms with Gasteiger partial charge in [0, 0.05) is 0 Å². The van der Waals surface area contributed by atoms with Crippen LogP contribution < -0.4 is 5.32 Å². The summed E-state index contributed by atoms with van der Waals surface area (Å²) in [6.45, 7) is 0. The molecule has 0 aliphatic rings. The molecular formula is C4H4Cl2N4O. The predicted octanol–water partition coefficient (Wildman–Crippen LogP) is 0.547. The van der Waals surface area contributed by atoms with E-state index in [0.717, 1.165) is 0 Å². The Labute approximate surface area is 72.1 Å². The minimum atomic E-state index is -1.10. The molecule has 2 N–H and O–H groups in total. The number of halogens is 2. The van der Waals surface area contributed by atoms with Crippen LogP contribution in [0.15, 0.2) is 6.33 Å². The number of rotatable bonds is 2. The summed E-state index contributed by atoms with van der Waals surface area (Å²) in [5.41, 5.74) is 0. The standard InChI is InChI=1S/C4H4Cl2N4O/c5-2(6)3(11)9-4-7-1-8-10-4/h1-2H,(H2,7,8,9,10,11). The van der Waals surface area contributed by atoms with Gasteiger partial charge in [0.15, 0.2) is 4.84 Å². The lowest BCUT2D eigenvalue weighted by Gasteiger charge is -1.99. The predicted molar refractivity (Wildman–Crippen MR) is 40.5 cm³/mol. The summed E-state index contributed by atoms with van der Waals surface area (Å²) in [7, 11) is 0. The fraction of sp³-hybridized carbons (Fsp3) is 0.250. The van der Waals surface area contributed by atoms with Gasteiger partial charge in [-0.15, -0.1) is 0 Å². The van der Waals surface area contributed by atoms with E-state index in [2.05, 4.69) is 20.5 Å². The van der Waals surface area contributed by atoms with Crippen molar-refractivity contribution in [3.63, 3.8) is 0 Å². The third kappa shape index (κ3) is 2.36. The van der Waals surface area contributed by atoms with Crippen LogP contribution in [0.4, 0.5) is 5.95 Å². The van der Waals surface area contributed by atoms with Crippen molar-refractivity contribution in [2.45, 2.75) is 4.84 Å². The lowest BCUT2D eigenvalue weighted by Crippen LogP contribution is -2.19. The molecule has 0 atom stereocenters. The molecule has 1 amide bonds. The Morgan fingerprint density at radius 3 is 2.91 bits per heavy atom. The van der Waals surface area contributed by atoms with E-state index in [1.807, 2.05) is 0 Å². The molecule has 0 spiro atoms. The summed E-state index contributed by atoms with van der Waals surface area (Å²) in [6, 6.07) is 0. The summed E-state index contributed by atoms with van der Waals surface area (Å²) in [5, 5.41) is 8.20. The molecule has 0 saturated carbocycles. The highest BCUT2D eigenvalue weighted by Crippen LogP contribution is 2.04. The number of carbonyl (C=O) groups is 1. The van der Waals surface area contributed by atoms with Crippen LogP contribution in [0.25, 0.3) is 0 Å². The molecular weight excluding hydrogens is 191 g/mol. The Kier molecular flexibility index (Phi) is 2.67. The fourth-order valence-corrected chi connectivity index (χ4v) is 0.546. The number of aromatic amines is 1. The smallest absolute Gasteiger partial charge is 0.260 e. The quantitative estimate of drug-likeness (QED) is 0.676. The van der Waals surface area contributed by atoms with E-state index in [-0.39, 0.29) is 5.95 Å². The molecule has 0 saturated heterocycles. The number of carbonyl (C=O) groups excluding carboxylic acids is 1. The highest BCUT2D eigenvalue weighted by atomic mass is 35.5. The van der Waals surface area contributed by atoms with Gasteiger partial charge < -0.3 is 0 Å². The van der Waals surface area contributed by atoms with Crippen LogP contribution in [0.1, 0.15) is 0 Å². The van der Waals surface area contributed by atoms with Gasteiger partial charge in [0.05, 0.1) is 0 Å². The first-order chi connectivity index (χ1) is 5.20. The minimum absolute atomic E-state index is 0.223. The molecule has 60 valence electrons. The number of alkyl halides is 2. The second-order valence-electron chi connectivity index (χ2n) is 1.62. The Hall–Kier alpha value is -0.810. The van der Waals surface area contributed by atoms with Crippen LogP contribution >= 0.6 is 23.2 Å². The molecule has 0 radical (unpaired) electrons. The topological polar surface area (TPSA) is 70.7 Å². The second-order valence-corrected chi connectivity index (χ2v) is 2.72. The first-order valence-electron chi connectivity index (χ1n) is 2.64. The molecule has 1 aromatic heterocycles. The van der Waals surface area contributed by atoms with Gasteiger partial charge in [-0.3, -0.25) is 10.1 Å². The first kappa shape index (κ1) is 8.29. The number of hydrogen-bond acceptors (Lipinski definition) is 3. The molecule has 0 fully saturated rings. The lowest BCUT2D eigenvalue weighted by atomic mass is 10.7. The van der Waals surface area contributed by atoms with Gasteiger partial charge in [-0.05, 0) is 0 Å². The summed E-state index contributed by atoms with van der Waals surface area (Å²) >= 11 is 10.5. The average Bonchev–Trinajstić information content (AvgIpc) is 2.39. The van der Waals surface area contributed by atoms with Crippen LogP contribution in [0.2, 0.25) is 0 Å². The van der Waals surface area contributed by atoms with Crippen molar-refractivity contribution in [1.82, 2.24) is 15.2 Å². The van der Waals surface area contributed by atoms with Crippen LogP contribution in [-0.2, 0) is 4.79 Å². The van der Waals surface area contributed by atoms with Crippen LogP contribution in [0.3, 0.4) is 0 Å². The molecule has 5 nitrogen and oxygen atoms in total. The molecule has 1 heterocycles. The SMILES string of the molecule is O=C(Nc1ncn[nH]1)C(Cl)Cl. The minimum Gasteiger partial charge on any atom is -0.293 e. The Balaban J connectivity index is 2.50. The number of H-pyrrole nitrogens is 1. The van der Waals surface area contributed by atoms with Gasteiger partial charge in [-0.2, -0.15) is 10.1 Å². The van der Waals surface area contributed by atoms with Crippen LogP contribution in [0.5, 0.6) is 0 Å². The summed E-state index contributed by atoms with van der Waals surface area (Å²) in [6.07, 6.45) is 1.26. The zero-order valence-corrected chi connectivity index (χ0v) is 6.73. The van der Waals surface area contributed by atoms with Gasteiger partial charge in [0.2, 0.25) is 5.95 Å². The summed E-state index contributed by atoms with van der Waals surface area (Å²) < 4.78 is 0. The van der Waals surface area contributed by atoms with E-state index in [1.165, 1.54) is 6.33 Å². The Morgan fingerprint density at radius 2 is 2.45 bits per heavy atom. The van der Waals surface area contributed by atoms with Gasteiger partial charge in [-0.25, -0.2) is 5.10 Å². The zero-order chi connectivity index (χ0) is 8.27. The van der Waals surface area contributed by atoms with Crippen molar-refractivity contribution in [1.29, 1.82) is 0 Å². The lowest BCUT2D eigenvalue weighted by molar-refractivity contribution is -0.114. The van der Waals surface area contributed by atoms with Crippen molar-refractivity contribution in [3.05, 3.63) is 6.33 Å². The molecule has 1 aromatic rings. The van der Waals surface area contributed by atoms with Crippen molar-refractivity contribution in [2.24, 2.45) is 0 Å². The Bertz CT molecular complexity index is 234. The van der Waals surface area contributed by atoms with E-state index in [0.29, 0.717) is 0 Å². The molecule has 1 rings (SSSR count). The normalized spacial score (nSPS) is 10.1. The van der Waals surface area contributed by atoms with E-state index in [1.54, 1.807) is 0 Å². The maximum Gasteiger partial charge on any atom is 0.260 e.